The number of nitrogens with zero attached hydrogens (tertiary/aromatic N) is 4. The third-order valence-corrected chi connectivity index (χ3v) is 31.6. The molecule has 7 aromatic rings. The lowest BCUT2D eigenvalue weighted by molar-refractivity contribution is -0.277. The van der Waals surface area contributed by atoms with E-state index in [2.05, 4.69) is 75.7 Å². The molecular formula is C99H121Cl2N13O28P+. The number of phenols is 3. The number of carbonyl (C=O) groups is 9. The molecule has 11 heterocycles. The van der Waals surface area contributed by atoms with Crippen LogP contribution in [-0.4, -0.2) is 282 Å². The second-order valence-electron chi connectivity index (χ2n) is 37.9. The topological polar surface area (TPSA) is 571 Å². The molecule has 143 heavy (non-hydrogen) atoms. The number of likely N-dealkylation sites (N-methyl/N-ethyl adjacent to an activating group) is 1. The molecule has 5 saturated heterocycles. The van der Waals surface area contributed by atoms with Crippen LogP contribution in [0.25, 0.3) is 11.1 Å². The minimum atomic E-state index is -3.22. The molecule has 5 fully saturated rings. The van der Waals surface area contributed by atoms with Gasteiger partial charge in [0.1, 0.15) is 126 Å². The predicted octanol–water partition coefficient (Wildman–Crippen LogP) is 6.42. The minimum absolute atomic E-state index is 0.0786. The molecule has 18 atom stereocenters. The van der Waals surface area contributed by atoms with Gasteiger partial charge in [0.15, 0.2) is 29.1 Å². The fourth-order valence-electron chi connectivity index (χ4n) is 19.5. The van der Waals surface area contributed by atoms with Crippen molar-refractivity contribution >= 4 is 84.4 Å². The van der Waals surface area contributed by atoms with Crippen LogP contribution in [0.15, 0.2) is 115 Å². The first-order valence-corrected chi connectivity index (χ1v) is 50.5. The summed E-state index contributed by atoms with van der Waals surface area (Å²) in [7, 11) is 1.82. The molecule has 0 aliphatic carbocycles. The second kappa shape index (κ2) is 45.4. The van der Waals surface area contributed by atoms with Gasteiger partial charge in [-0.25, -0.2) is 4.79 Å². The molecule has 0 spiro atoms. The third kappa shape index (κ3) is 22.9. The number of aliphatic hydroxyl groups excluding tert-OH is 7. The Morgan fingerprint density at radius 1 is 0.552 bits per heavy atom. The molecule has 8 amide bonds. The van der Waals surface area contributed by atoms with E-state index in [1.54, 1.807) is 14.1 Å². The van der Waals surface area contributed by atoms with Crippen LogP contribution in [0, 0.1) is 5.92 Å². The van der Waals surface area contributed by atoms with Crippen LogP contribution >= 0.6 is 31.1 Å². The van der Waals surface area contributed by atoms with E-state index in [1.165, 1.54) is 73.8 Å². The van der Waals surface area contributed by atoms with Gasteiger partial charge >= 0.3 is 13.9 Å². The summed E-state index contributed by atoms with van der Waals surface area (Å²) in [5.41, 5.74) is -2.25. The van der Waals surface area contributed by atoms with E-state index in [-0.39, 0.29) is 69.7 Å². The highest BCUT2D eigenvalue weighted by Gasteiger charge is 2.63. The van der Waals surface area contributed by atoms with Gasteiger partial charge in [0.2, 0.25) is 71.3 Å². The molecule has 11 aliphatic rings. The Morgan fingerprint density at radius 3 is 1.83 bits per heavy atom. The Hall–Kier alpha value is -11.6. The Balaban J connectivity index is 0.935. The molecule has 41 nitrogen and oxygen atoms in total. The number of phenolic OH excluding ortho intramolecular Hbond substituents is 3. The maximum atomic E-state index is 17.4. The summed E-state index contributed by atoms with van der Waals surface area (Å²) < 4.78 is 60.6. The number of aliphatic hydroxyl groups is 7. The number of unbranched alkanes of at least 4 members (excludes halogenated alkanes) is 4. The van der Waals surface area contributed by atoms with E-state index in [0.717, 1.165) is 113 Å². The van der Waals surface area contributed by atoms with Crippen LogP contribution in [-0.2, 0) is 59.0 Å². The number of benzene rings is 7. The normalized spacial score (nSPS) is 26.6. The number of carboxylic acid groups (broad SMARTS) is 1. The smallest absolute Gasteiger partial charge is 0.417 e. The van der Waals surface area contributed by atoms with E-state index >= 15 is 33.6 Å². The fraction of sp³-hybridized carbons (Fsp3) is 0.485. The Labute approximate surface area is 834 Å². The molecule has 0 unspecified atom stereocenters. The van der Waals surface area contributed by atoms with E-state index in [0.29, 0.717) is 76.6 Å². The molecule has 20 N–H and O–H groups in total. The molecule has 44 heteroatoms. The largest absolute Gasteiger partial charge is 0.508 e. The number of aliphatic carboxylic acids is 1. The maximum absolute atomic E-state index is 17.4. The number of carbonyl (C=O) groups excluding carboxylic acids is 8. The van der Waals surface area contributed by atoms with Gasteiger partial charge in [-0.3, -0.25) is 42.9 Å². The zero-order chi connectivity index (χ0) is 102. The third-order valence-electron chi connectivity index (χ3n) is 27.0. The number of hydrogen-bond acceptors (Lipinski definition) is 32. The van der Waals surface area contributed by atoms with Crippen molar-refractivity contribution in [1.82, 2.24) is 66.8 Å². The van der Waals surface area contributed by atoms with Gasteiger partial charge < -0.3 is 142 Å². The first-order chi connectivity index (χ1) is 68.6. The van der Waals surface area contributed by atoms with E-state index in [4.69, 9.17) is 60.9 Å². The van der Waals surface area contributed by atoms with Crippen molar-refractivity contribution in [2.24, 2.45) is 5.92 Å². The molecular weight excluding hydrogens is 1920 g/mol. The zero-order valence-electron chi connectivity index (χ0n) is 79.3. The molecule has 11 aliphatic heterocycles. The van der Waals surface area contributed by atoms with Crippen molar-refractivity contribution in [3.8, 4) is 80.1 Å². The molecule has 768 valence electrons. The summed E-state index contributed by atoms with van der Waals surface area (Å²) in [6, 6.07) is 7.39. The number of aromatic hydroxyl groups is 3. The highest BCUT2D eigenvalue weighted by Crippen LogP contribution is 2.71. The number of amides is 8. The standard InChI is InChI=1S/C99H120Cl2N13O28P/c1-49(2)18-9-7-6-8-10-19-72(119)105-81-84(122)86(124)89(97(133)134)141-98(81)140-88-69-42-54-43-70(88)137-65-29-24-53(40-61(65)100)82(120)80-96(132)109-78(91(127)103-30-17-31-111(4)5)59-44-55(116)45-67(138-99-87(125)85(123)83(121)71(48-115)139-99)73(59)58-39-51(22-27-63(58)117)76(93(129)110-80)106-94(130)77(54)107-95(131)79-60-46-57(47-68(74(60)101)142-143(112-32-11-12-33-112,113-34-13-14-35-113)114-36-15-16-37-114)136-66-41-52(23-28-64(66)118)75(102-3)92(128)104-62(90(126)108-79)38-50-20-25-56(135-69)26-21-50/h20-29,39-47,49,62,71,75-87,89,98-99,102,115,120-125H,6-19,30-38,48H2,1-5H3,(H11-,103,104,105,106,107,108,109,110,116,117,118,119,126,127,128,129,130,131,132,133,134)/p+1/t62-,71-,75+,76-,77-,78+,79+,80+,81-,82-,83-,84-,85+,86+,87+,89+,98-,99+/m1/s1. The van der Waals surface area contributed by atoms with Gasteiger partial charge in [-0.15, -0.1) is 14.0 Å². The lowest BCUT2D eigenvalue weighted by atomic mass is 9.89. The van der Waals surface area contributed by atoms with Crippen molar-refractivity contribution in [3.63, 3.8) is 0 Å². The average Bonchev–Trinajstić information content (AvgIpc) is 1.67. The van der Waals surface area contributed by atoms with Gasteiger partial charge in [0, 0.05) is 87.5 Å². The van der Waals surface area contributed by atoms with Crippen molar-refractivity contribution in [1.29, 1.82) is 0 Å². The highest BCUT2D eigenvalue weighted by atomic mass is 35.5. The first kappa shape index (κ1) is 104. The Kier molecular flexibility index (Phi) is 33.1. The predicted molar refractivity (Wildman–Crippen MR) is 516 cm³/mol. The number of ether oxygens (including phenoxy) is 7. The monoisotopic (exact) mass is 2040 g/mol. The molecule has 0 radical (unpaired) electrons. The number of rotatable bonds is 26. The van der Waals surface area contributed by atoms with Crippen LogP contribution in [0.1, 0.15) is 179 Å². The van der Waals surface area contributed by atoms with Crippen LogP contribution < -0.4 is 76.1 Å². The van der Waals surface area contributed by atoms with E-state index < -0.39 is 251 Å². The van der Waals surface area contributed by atoms with Crippen LogP contribution in [0.2, 0.25) is 10.0 Å². The molecule has 18 rings (SSSR count). The number of carboxylic acids is 1. The zero-order valence-corrected chi connectivity index (χ0v) is 81.7. The van der Waals surface area contributed by atoms with E-state index in [1.807, 2.05) is 4.90 Å². The van der Waals surface area contributed by atoms with Gasteiger partial charge in [0.05, 0.1) is 16.7 Å². The minimum Gasteiger partial charge on any atom is -0.508 e. The Morgan fingerprint density at radius 2 is 1.17 bits per heavy atom. The van der Waals surface area contributed by atoms with Crippen molar-refractivity contribution in [3.05, 3.63) is 164 Å². The lowest BCUT2D eigenvalue weighted by Gasteiger charge is -2.41. The Bertz CT molecular complexity index is 5840. The fourth-order valence-corrected chi connectivity index (χ4v) is 24.3. The summed E-state index contributed by atoms with van der Waals surface area (Å²) >= 11 is 15.5. The van der Waals surface area contributed by atoms with Crippen LogP contribution in [0.4, 0.5) is 0 Å². The average molecular weight is 2040 g/mol. The number of hydrogen-bond donors (Lipinski definition) is 20. The van der Waals surface area contributed by atoms with E-state index in [9.17, 15) is 65.8 Å². The second-order valence-corrected chi connectivity index (χ2v) is 41.6. The summed E-state index contributed by atoms with van der Waals surface area (Å²) in [6.45, 7) is 7.27. The summed E-state index contributed by atoms with van der Waals surface area (Å²) in [5, 5.41) is 153. The number of halogens is 2. The van der Waals surface area contributed by atoms with Gasteiger partial charge in [-0.05, 0) is 191 Å². The van der Waals surface area contributed by atoms with Gasteiger partial charge in [0.25, 0.3) is 0 Å². The molecule has 17 bridgehead atoms. The molecule has 0 saturated carbocycles. The highest BCUT2D eigenvalue weighted by molar-refractivity contribution is 7.64. The van der Waals surface area contributed by atoms with Crippen molar-refractivity contribution in [2.45, 2.75) is 220 Å². The number of fused-ring (bicyclic) bond motifs is 14. The quantitative estimate of drug-likeness (QED) is 0.0205. The van der Waals surface area contributed by atoms with Gasteiger partial charge in [-0.1, -0.05) is 99.5 Å². The van der Waals surface area contributed by atoms with Crippen LogP contribution in [0.3, 0.4) is 0 Å². The summed E-state index contributed by atoms with van der Waals surface area (Å²) in [6.07, 6.45) is -12.0. The van der Waals surface area contributed by atoms with Crippen molar-refractivity contribution in [2.75, 3.05) is 80.1 Å². The summed E-state index contributed by atoms with van der Waals surface area (Å²) in [5.74, 6) is -15.9. The van der Waals surface area contributed by atoms with Crippen LogP contribution in [0.5, 0.6) is 69.0 Å². The maximum Gasteiger partial charge on any atom is 0.417 e. The number of nitrogens with one attached hydrogen (secondary N) is 9. The lowest BCUT2D eigenvalue weighted by Crippen LogP contribution is -2.66. The van der Waals surface area contributed by atoms with Gasteiger partial charge in [-0.2, -0.15) is 0 Å². The first-order valence-electron chi connectivity index (χ1n) is 48.2. The SMILES string of the molecule is CN[C@@H]1C(=O)N[C@@H]2Cc3ccc(cc3)Oc3cc4cc(c3O[C@@H]3O[C@H](C(=O)O)[C@@H](O)[C@H](O)[C@H]3NC(=O)CCCCCCCC(C)C)Oc3ccc(cc3Cl)[C@@H](O)[C@@H]3NC(=O)[C@H](NC(=O)[C@@H]4NC(=O)[C@@H](NC2=O)c2cc(cc(O[P+](N4CCCC4)(N4CCCC4)N4CCCC4)c2Cl)Oc2cc1ccc2O)c1ccc(O)c(c1)-c1c(O[C@H]2O[C@H](CO)[C@@H](O)[C@H](O)[C@@H]2O)cc(O)cc1[C@@H](C(=O)NCCCN(C)C)NC3=O. The molecule has 7 aromatic carbocycles. The molecule has 0 aromatic heterocycles. The summed E-state index contributed by atoms with van der Waals surface area (Å²) in [4.78, 5) is 144. The van der Waals surface area contributed by atoms with Crippen molar-refractivity contribution < 1.29 is 137 Å².